The molecule has 78 valence electrons. The molecule has 2 aromatic rings. The zero-order valence-electron chi connectivity index (χ0n) is 7.51. The van der Waals surface area contributed by atoms with E-state index in [2.05, 4.69) is 21.1 Å². The Hall–Kier alpha value is -0.870. The standard InChI is InChI=1S/C10H6BrClFNO/c11-10-7(5-12)9(14-15-10)6-3-1-2-4-8(6)13/h1-4H,5H2. The van der Waals surface area contributed by atoms with Gasteiger partial charge in [0.1, 0.15) is 11.5 Å². The molecule has 5 heteroatoms. The summed E-state index contributed by atoms with van der Waals surface area (Å²) in [5.41, 5.74) is 1.49. The Morgan fingerprint density at radius 1 is 1.40 bits per heavy atom. The molecule has 0 atom stereocenters. The largest absolute Gasteiger partial charge is 0.348 e. The first kappa shape index (κ1) is 10.6. The molecule has 0 fully saturated rings. The van der Waals surface area contributed by atoms with E-state index in [1.54, 1.807) is 18.2 Å². The van der Waals surface area contributed by atoms with E-state index in [9.17, 15) is 4.39 Å². The zero-order chi connectivity index (χ0) is 10.8. The molecular weight excluding hydrogens is 284 g/mol. The van der Waals surface area contributed by atoms with Crippen LogP contribution in [0.1, 0.15) is 5.56 Å². The van der Waals surface area contributed by atoms with Crippen molar-refractivity contribution in [3.8, 4) is 11.3 Å². The van der Waals surface area contributed by atoms with Crippen LogP contribution in [0.15, 0.2) is 33.5 Å². The molecule has 1 heterocycles. The van der Waals surface area contributed by atoms with Gasteiger partial charge in [0, 0.05) is 11.1 Å². The first-order chi connectivity index (χ1) is 7.24. The highest BCUT2D eigenvalue weighted by Gasteiger charge is 2.17. The van der Waals surface area contributed by atoms with E-state index in [1.807, 2.05) is 0 Å². The van der Waals surface area contributed by atoms with Crippen molar-refractivity contribution >= 4 is 27.5 Å². The van der Waals surface area contributed by atoms with E-state index in [4.69, 9.17) is 16.1 Å². The van der Waals surface area contributed by atoms with Gasteiger partial charge >= 0.3 is 0 Å². The lowest BCUT2D eigenvalue weighted by Gasteiger charge is -1.99. The fourth-order valence-corrected chi connectivity index (χ4v) is 2.08. The van der Waals surface area contributed by atoms with Crippen LogP contribution in [0.3, 0.4) is 0 Å². The van der Waals surface area contributed by atoms with Crippen LogP contribution in [0.2, 0.25) is 0 Å². The summed E-state index contributed by atoms with van der Waals surface area (Å²) in [6.07, 6.45) is 0. The number of nitrogens with zero attached hydrogens (tertiary/aromatic N) is 1. The van der Waals surface area contributed by atoms with Crippen LogP contribution < -0.4 is 0 Å². The van der Waals surface area contributed by atoms with Gasteiger partial charge in [0.2, 0.25) is 4.67 Å². The zero-order valence-corrected chi connectivity index (χ0v) is 9.85. The molecule has 0 N–H and O–H groups in total. The number of alkyl halides is 1. The molecule has 1 aromatic heterocycles. The second-order valence-corrected chi connectivity index (χ2v) is 3.88. The summed E-state index contributed by atoms with van der Waals surface area (Å²) in [4.78, 5) is 0. The molecule has 1 aromatic carbocycles. The van der Waals surface area contributed by atoms with Crippen molar-refractivity contribution in [2.24, 2.45) is 0 Å². The van der Waals surface area contributed by atoms with E-state index in [1.165, 1.54) is 6.07 Å². The van der Waals surface area contributed by atoms with Gasteiger partial charge in [-0.15, -0.1) is 11.6 Å². The van der Waals surface area contributed by atoms with E-state index >= 15 is 0 Å². The topological polar surface area (TPSA) is 26.0 Å². The molecular formula is C10H6BrClFNO. The first-order valence-electron chi connectivity index (χ1n) is 4.19. The Kier molecular flexibility index (Phi) is 3.07. The van der Waals surface area contributed by atoms with E-state index in [-0.39, 0.29) is 11.7 Å². The monoisotopic (exact) mass is 289 g/mol. The van der Waals surface area contributed by atoms with Crippen molar-refractivity contribution in [1.82, 2.24) is 5.16 Å². The molecule has 15 heavy (non-hydrogen) atoms. The molecule has 0 aliphatic rings. The molecule has 0 spiro atoms. The van der Waals surface area contributed by atoms with Gasteiger partial charge in [-0.05, 0) is 28.1 Å². The summed E-state index contributed by atoms with van der Waals surface area (Å²) < 4.78 is 18.8. The van der Waals surface area contributed by atoms with Gasteiger partial charge in [-0.3, -0.25) is 0 Å². The van der Waals surface area contributed by atoms with Crippen molar-refractivity contribution in [3.63, 3.8) is 0 Å². The molecule has 0 bridgehead atoms. The van der Waals surface area contributed by atoms with Crippen molar-refractivity contribution in [2.75, 3.05) is 0 Å². The van der Waals surface area contributed by atoms with E-state index in [0.29, 0.717) is 21.5 Å². The van der Waals surface area contributed by atoms with Crippen LogP contribution in [0.25, 0.3) is 11.3 Å². The lowest BCUT2D eigenvalue weighted by Crippen LogP contribution is -1.87. The molecule has 0 amide bonds. The molecule has 2 nitrogen and oxygen atoms in total. The minimum atomic E-state index is -0.343. The van der Waals surface area contributed by atoms with Gasteiger partial charge in [-0.25, -0.2) is 4.39 Å². The fourth-order valence-electron chi connectivity index (χ4n) is 1.27. The number of hydrogen-bond acceptors (Lipinski definition) is 2. The second-order valence-electron chi connectivity index (χ2n) is 2.90. The smallest absolute Gasteiger partial charge is 0.206 e. The van der Waals surface area contributed by atoms with Crippen LogP contribution in [0.4, 0.5) is 4.39 Å². The van der Waals surface area contributed by atoms with Crippen molar-refractivity contribution in [3.05, 3.63) is 40.3 Å². The predicted molar refractivity (Wildman–Crippen MR) is 59.2 cm³/mol. The number of rotatable bonds is 2. The van der Waals surface area contributed by atoms with Gasteiger partial charge in [-0.2, -0.15) is 0 Å². The summed E-state index contributed by atoms with van der Waals surface area (Å²) in [6.45, 7) is 0. The van der Waals surface area contributed by atoms with Gasteiger partial charge in [0.25, 0.3) is 0 Å². The average Bonchev–Trinajstić information content (AvgIpc) is 2.60. The Bertz CT molecular complexity index is 486. The highest BCUT2D eigenvalue weighted by Crippen LogP contribution is 2.31. The van der Waals surface area contributed by atoms with Crippen LogP contribution in [-0.4, -0.2) is 5.16 Å². The minimum Gasteiger partial charge on any atom is -0.348 e. The maximum Gasteiger partial charge on any atom is 0.206 e. The minimum absolute atomic E-state index is 0.216. The third-order valence-corrected chi connectivity index (χ3v) is 2.89. The average molecular weight is 291 g/mol. The Balaban J connectivity index is 2.59. The summed E-state index contributed by atoms with van der Waals surface area (Å²) >= 11 is 8.89. The number of halogens is 3. The maximum absolute atomic E-state index is 13.5. The molecule has 0 aliphatic carbocycles. The van der Waals surface area contributed by atoms with Crippen LogP contribution >= 0.6 is 27.5 Å². The summed E-state index contributed by atoms with van der Waals surface area (Å²) in [6, 6.07) is 6.36. The molecule has 0 saturated carbocycles. The molecule has 2 rings (SSSR count). The van der Waals surface area contributed by atoms with Gasteiger partial charge in [0.05, 0.1) is 5.88 Å². The van der Waals surface area contributed by atoms with E-state index in [0.717, 1.165) is 0 Å². The number of aromatic nitrogens is 1. The second kappa shape index (κ2) is 4.33. The predicted octanol–water partition coefficient (Wildman–Crippen LogP) is 3.98. The van der Waals surface area contributed by atoms with Crippen LogP contribution in [0.5, 0.6) is 0 Å². The van der Waals surface area contributed by atoms with Gasteiger partial charge < -0.3 is 4.52 Å². The van der Waals surface area contributed by atoms with Gasteiger partial charge in [0.15, 0.2) is 0 Å². The normalized spacial score (nSPS) is 10.6. The molecule has 0 aliphatic heterocycles. The Morgan fingerprint density at radius 2 is 2.13 bits per heavy atom. The third-order valence-electron chi connectivity index (χ3n) is 2.00. The fraction of sp³-hybridized carbons (Fsp3) is 0.100. The van der Waals surface area contributed by atoms with Crippen molar-refractivity contribution < 1.29 is 8.91 Å². The first-order valence-corrected chi connectivity index (χ1v) is 5.51. The molecule has 0 unspecified atom stereocenters. The van der Waals surface area contributed by atoms with Crippen molar-refractivity contribution in [1.29, 1.82) is 0 Å². The van der Waals surface area contributed by atoms with Crippen LogP contribution in [-0.2, 0) is 5.88 Å². The summed E-state index contributed by atoms with van der Waals surface area (Å²) in [5, 5.41) is 3.77. The molecule has 0 saturated heterocycles. The maximum atomic E-state index is 13.5. The number of hydrogen-bond donors (Lipinski definition) is 0. The SMILES string of the molecule is Fc1ccccc1-c1noc(Br)c1CCl. The van der Waals surface area contributed by atoms with Crippen LogP contribution in [0, 0.1) is 5.82 Å². The highest BCUT2D eigenvalue weighted by molar-refractivity contribution is 9.10. The van der Waals surface area contributed by atoms with E-state index < -0.39 is 0 Å². The summed E-state index contributed by atoms with van der Waals surface area (Å²) in [7, 11) is 0. The van der Waals surface area contributed by atoms with Gasteiger partial charge in [-0.1, -0.05) is 17.3 Å². The number of benzene rings is 1. The Morgan fingerprint density at radius 3 is 2.80 bits per heavy atom. The lowest BCUT2D eigenvalue weighted by molar-refractivity contribution is 0.401. The quantitative estimate of drug-likeness (QED) is 0.782. The third kappa shape index (κ3) is 1.92. The highest BCUT2D eigenvalue weighted by atomic mass is 79.9. The van der Waals surface area contributed by atoms with Crippen molar-refractivity contribution in [2.45, 2.75) is 5.88 Å². The molecule has 0 radical (unpaired) electrons. The lowest BCUT2D eigenvalue weighted by atomic mass is 10.1. The summed E-state index contributed by atoms with van der Waals surface area (Å²) in [5.74, 6) is -0.127. The Labute approximate surface area is 99.2 Å².